The lowest BCUT2D eigenvalue weighted by Gasteiger charge is -2.38. The van der Waals surface area contributed by atoms with E-state index in [4.69, 9.17) is 11.6 Å². The van der Waals surface area contributed by atoms with Gasteiger partial charge in [0, 0.05) is 30.9 Å². The molecule has 1 amide bonds. The number of benzene rings is 1. The minimum Gasteiger partial charge on any atom is -0.391 e. The number of aliphatic hydroxyl groups excluding tert-OH is 1. The Morgan fingerprint density at radius 3 is 2.59 bits per heavy atom. The fourth-order valence-corrected chi connectivity index (χ4v) is 6.08. The molecule has 8 heteroatoms. The summed E-state index contributed by atoms with van der Waals surface area (Å²) in [7, 11) is 0. The van der Waals surface area contributed by atoms with E-state index in [9.17, 15) is 20.0 Å². The molecule has 1 saturated heterocycles. The second-order valence-electron chi connectivity index (χ2n) is 10.2. The summed E-state index contributed by atoms with van der Waals surface area (Å²) in [6.07, 6.45) is 5.62. The summed E-state index contributed by atoms with van der Waals surface area (Å²) < 4.78 is 1.52. The predicted octanol–water partition coefficient (Wildman–Crippen LogP) is 4.04. The van der Waals surface area contributed by atoms with Gasteiger partial charge in [-0.25, -0.2) is 0 Å². The van der Waals surface area contributed by atoms with Crippen molar-refractivity contribution < 1.29 is 9.90 Å². The van der Waals surface area contributed by atoms with E-state index >= 15 is 0 Å². The van der Waals surface area contributed by atoms with Crippen molar-refractivity contribution in [3.05, 3.63) is 86.8 Å². The molecule has 0 bridgehead atoms. The number of rotatable bonds is 5. The highest BCUT2D eigenvalue weighted by atomic mass is 35.5. The molecule has 3 heterocycles. The summed E-state index contributed by atoms with van der Waals surface area (Å²) in [5.41, 5.74) is 1.58. The zero-order chi connectivity index (χ0) is 26.0. The lowest BCUT2D eigenvalue weighted by molar-refractivity contribution is 0.0716. The minimum absolute atomic E-state index is 0.0796. The van der Waals surface area contributed by atoms with Crippen molar-refractivity contribution in [2.75, 3.05) is 13.1 Å². The Kier molecular flexibility index (Phi) is 7.34. The number of nitrogens with one attached hydrogen (secondary N) is 1. The van der Waals surface area contributed by atoms with Gasteiger partial charge in [-0.3, -0.25) is 18.9 Å². The maximum absolute atomic E-state index is 13.2. The number of aliphatic hydroxyl groups is 1. The number of halogens is 1. The number of carbonyl (C=O) groups excluding carboxylic acids is 1. The van der Waals surface area contributed by atoms with Gasteiger partial charge in [-0.1, -0.05) is 48.7 Å². The van der Waals surface area contributed by atoms with E-state index in [1.54, 1.807) is 18.3 Å². The molecule has 1 aliphatic heterocycles. The number of fused-ring (bicyclic) bond motifs is 1. The minimum atomic E-state index is -0.629. The van der Waals surface area contributed by atoms with Crippen molar-refractivity contribution in [1.82, 2.24) is 14.6 Å². The van der Waals surface area contributed by atoms with Crippen molar-refractivity contribution in [3.63, 3.8) is 0 Å². The summed E-state index contributed by atoms with van der Waals surface area (Å²) in [6, 6.07) is 17.0. The average Bonchev–Trinajstić information content (AvgIpc) is 2.92. The molecule has 1 aliphatic carbocycles. The summed E-state index contributed by atoms with van der Waals surface area (Å²) in [5, 5.41) is 23.9. The molecule has 2 aromatic heterocycles. The van der Waals surface area contributed by atoms with Gasteiger partial charge in [-0.2, -0.15) is 5.26 Å². The second kappa shape index (κ2) is 10.7. The van der Waals surface area contributed by atoms with Crippen LogP contribution < -0.4 is 10.9 Å². The molecular weight excluding hydrogens is 488 g/mol. The molecule has 2 fully saturated rings. The fourth-order valence-electron chi connectivity index (χ4n) is 5.76. The maximum atomic E-state index is 13.2. The van der Waals surface area contributed by atoms with Crippen LogP contribution in [0.15, 0.2) is 59.5 Å². The van der Waals surface area contributed by atoms with Crippen LogP contribution in [0.1, 0.15) is 60.0 Å². The van der Waals surface area contributed by atoms with Gasteiger partial charge in [0.15, 0.2) is 0 Å². The smallest absolute Gasteiger partial charge is 0.267 e. The maximum Gasteiger partial charge on any atom is 0.267 e. The number of nitrogens with zero attached hydrogens (tertiary/aromatic N) is 3. The van der Waals surface area contributed by atoms with E-state index in [1.807, 2.05) is 36.4 Å². The van der Waals surface area contributed by atoms with E-state index in [0.717, 1.165) is 29.5 Å². The van der Waals surface area contributed by atoms with Crippen LogP contribution in [-0.4, -0.2) is 45.5 Å². The van der Waals surface area contributed by atoms with E-state index in [0.29, 0.717) is 50.3 Å². The first-order valence-electron chi connectivity index (χ1n) is 12.9. The number of pyridine rings is 2. The quantitative estimate of drug-likeness (QED) is 0.531. The van der Waals surface area contributed by atoms with Crippen LogP contribution in [0.2, 0.25) is 5.02 Å². The summed E-state index contributed by atoms with van der Waals surface area (Å²) in [5.74, 6) is -0.448. The van der Waals surface area contributed by atoms with E-state index in [2.05, 4.69) is 16.3 Å². The zero-order valence-electron chi connectivity index (χ0n) is 20.7. The highest BCUT2D eigenvalue weighted by Crippen LogP contribution is 2.39. The highest BCUT2D eigenvalue weighted by Gasteiger charge is 2.38. The molecular formula is C29H31ClN4O3. The molecule has 5 rings (SSSR count). The van der Waals surface area contributed by atoms with Crippen molar-refractivity contribution >= 4 is 23.0 Å². The molecule has 2 aliphatic rings. The van der Waals surface area contributed by atoms with Gasteiger partial charge in [0.25, 0.3) is 11.5 Å². The molecule has 0 unspecified atom stereocenters. The lowest BCUT2D eigenvalue weighted by Crippen LogP contribution is -2.46. The van der Waals surface area contributed by atoms with Crippen molar-refractivity contribution in [3.8, 4) is 6.07 Å². The van der Waals surface area contributed by atoms with Crippen LogP contribution in [0.5, 0.6) is 0 Å². The number of aromatic nitrogens is 1. The summed E-state index contributed by atoms with van der Waals surface area (Å²) in [4.78, 5) is 28.7. The standard InChI is InChI=1S/C29H31ClN4O3/c30-23-8-2-1-7-22(23)29(19-31)12-15-33(16-13-29)18-20-17-21(28(37)34-14-6-5-10-25(20)34)27(36)32-24-9-3-4-11-26(24)35/h1-2,5-8,10,14,17,24,26,35H,3-4,9,11-13,15-16,18H2,(H,32,36)/t24-,26-/m0/s1. The average molecular weight is 519 g/mol. The highest BCUT2D eigenvalue weighted by molar-refractivity contribution is 6.31. The summed E-state index contributed by atoms with van der Waals surface area (Å²) >= 11 is 6.45. The SMILES string of the molecule is N#CC1(c2ccccc2Cl)CCN(Cc2cc(C(=O)N[C@H]3CCCC[C@@H]3O)c(=O)n3ccccc23)CC1. The predicted molar refractivity (Wildman–Crippen MR) is 143 cm³/mol. The van der Waals surface area contributed by atoms with E-state index < -0.39 is 17.4 Å². The molecule has 1 saturated carbocycles. The van der Waals surface area contributed by atoms with Crippen LogP contribution in [0.25, 0.3) is 5.52 Å². The van der Waals surface area contributed by atoms with Gasteiger partial charge in [0.05, 0.1) is 29.1 Å². The van der Waals surface area contributed by atoms with Crippen LogP contribution >= 0.6 is 11.6 Å². The Morgan fingerprint density at radius 1 is 1.14 bits per heavy atom. The number of carbonyl (C=O) groups is 1. The molecule has 1 aromatic carbocycles. The van der Waals surface area contributed by atoms with E-state index in [1.165, 1.54) is 4.40 Å². The van der Waals surface area contributed by atoms with Gasteiger partial charge < -0.3 is 10.4 Å². The third-order valence-electron chi connectivity index (χ3n) is 7.95. The molecule has 3 aromatic rings. The van der Waals surface area contributed by atoms with Crippen LogP contribution in [-0.2, 0) is 12.0 Å². The summed E-state index contributed by atoms with van der Waals surface area (Å²) in [6.45, 7) is 1.92. The topological polar surface area (TPSA) is 97.8 Å². The monoisotopic (exact) mass is 518 g/mol. The molecule has 7 nitrogen and oxygen atoms in total. The third-order valence-corrected chi connectivity index (χ3v) is 8.28. The number of likely N-dealkylation sites (tertiary alicyclic amines) is 1. The van der Waals surface area contributed by atoms with Crippen molar-refractivity contribution in [1.29, 1.82) is 5.26 Å². The van der Waals surface area contributed by atoms with Crippen molar-refractivity contribution in [2.24, 2.45) is 0 Å². The molecule has 37 heavy (non-hydrogen) atoms. The van der Waals surface area contributed by atoms with Crippen LogP contribution in [0.4, 0.5) is 0 Å². The molecule has 0 spiro atoms. The number of piperidine rings is 1. The van der Waals surface area contributed by atoms with Gasteiger partial charge in [0.1, 0.15) is 5.56 Å². The molecule has 2 N–H and O–H groups in total. The van der Waals surface area contributed by atoms with Gasteiger partial charge in [-0.15, -0.1) is 0 Å². The molecule has 2 atom stereocenters. The first-order valence-corrected chi connectivity index (χ1v) is 13.3. The molecule has 192 valence electrons. The largest absolute Gasteiger partial charge is 0.391 e. The van der Waals surface area contributed by atoms with Gasteiger partial charge >= 0.3 is 0 Å². The first kappa shape index (κ1) is 25.5. The van der Waals surface area contributed by atoms with Crippen molar-refractivity contribution in [2.45, 2.75) is 62.6 Å². The Balaban J connectivity index is 1.39. The Bertz CT molecular complexity index is 1400. The van der Waals surface area contributed by atoms with Gasteiger partial charge in [-0.05, 0) is 61.1 Å². The fraction of sp³-hybridized carbons (Fsp3) is 0.414. The first-order chi connectivity index (χ1) is 17.9. The third kappa shape index (κ3) is 5.02. The van der Waals surface area contributed by atoms with Crippen LogP contribution in [0.3, 0.4) is 0 Å². The second-order valence-corrected chi connectivity index (χ2v) is 10.6. The number of hydrogen-bond acceptors (Lipinski definition) is 5. The van der Waals surface area contributed by atoms with Gasteiger partial charge in [0.2, 0.25) is 0 Å². The normalized spacial score (nSPS) is 21.9. The zero-order valence-corrected chi connectivity index (χ0v) is 21.5. The number of nitriles is 1. The van der Waals surface area contributed by atoms with Crippen LogP contribution in [0, 0.1) is 11.3 Å². The van der Waals surface area contributed by atoms with E-state index in [-0.39, 0.29) is 17.2 Å². The Labute approximate surface area is 221 Å². The lowest BCUT2D eigenvalue weighted by atomic mass is 9.74. The Morgan fingerprint density at radius 2 is 1.86 bits per heavy atom. The Hall–Kier alpha value is -3.18. The number of amides is 1. The molecule has 0 radical (unpaired) electrons. The number of hydrogen-bond donors (Lipinski definition) is 2.